The lowest BCUT2D eigenvalue weighted by molar-refractivity contribution is -0.125. The van der Waals surface area contributed by atoms with Gasteiger partial charge in [-0.3, -0.25) is 4.79 Å². The van der Waals surface area contributed by atoms with Crippen molar-refractivity contribution in [1.29, 1.82) is 0 Å². The van der Waals surface area contributed by atoms with Crippen molar-refractivity contribution in [2.45, 2.75) is 24.3 Å². The summed E-state index contributed by atoms with van der Waals surface area (Å²) in [4.78, 5) is 17.7. The van der Waals surface area contributed by atoms with Gasteiger partial charge in [-0.2, -0.15) is 0 Å². The molecule has 1 N–H and O–H groups in total. The maximum atomic E-state index is 13.3. The van der Waals surface area contributed by atoms with Crippen LogP contribution in [0.5, 0.6) is 0 Å². The third-order valence-corrected chi connectivity index (χ3v) is 5.12. The van der Waals surface area contributed by atoms with E-state index in [0.29, 0.717) is 17.0 Å². The van der Waals surface area contributed by atoms with Crippen LogP contribution in [0.1, 0.15) is 17.5 Å². The molecule has 8 heteroatoms. The van der Waals surface area contributed by atoms with Gasteiger partial charge in [-0.05, 0) is 36.8 Å². The van der Waals surface area contributed by atoms with Crippen LogP contribution in [0.25, 0.3) is 0 Å². The number of hydrogen-bond donors (Lipinski definition) is 1. The van der Waals surface area contributed by atoms with Crippen molar-refractivity contribution in [1.82, 2.24) is 0 Å². The maximum Gasteiger partial charge on any atom is 0.268 e. The Labute approximate surface area is 150 Å². The van der Waals surface area contributed by atoms with Crippen LogP contribution in [-0.4, -0.2) is 32.4 Å². The van der Waals surface area contributed by atoms with Crippen molar-refractivity contribution in [3.05, 3.63) is 59.4 Å². The first-order valence-electron chi connectivity index (χ1n) is 7.84. The lowest BCUT2D eigenvalue weighted by atomic mass is 10.0. The molecule has 0 aliphatic carbocycles. The number of rotatable bonds is 4. The van der Waals surface area contributed by atoms with Crippen molar-refractivity contribution in [2.24, 2.45) is 5.16 Å². The number of benzene rings is 2. The number of amides is 1. The fraction of sp³-hybridized carbons (Fsp3) is 0.222. The second kappa shape index (κ2) is 6.87. The summed E-state index contributed by atoms with van der Waals surface area (Å²) in [6, 6.07) is 10.4. The van der Waals surface area contributed by atoms with Gasteiger partial charge in [-0.1, -0.05) is 23.4 Å². The summed E-state index contributed by atoms with van der Waals surface area (Å²) < 4.78 is 36.7. The topological polar surface area (TPSA) is 84.8 Å². The van der Waals surface area contributed by atoms with Gasteiger partial charge in [-0.25, -0.2) is 12.8 Å². The second-order valence-corrected chi connectivity index (χ2v) is 8.10. The quantitative estimate of drug-likeness (QED) is 0.889. The Morgan fingerprint density at radius 1 is 1.27 bits per heavy atom. The van der Waals surface area contributed by atoms with Crippen LogP contribution in [0.3, 0.4) is 0 Å². The molecule has 1 amide bonds. The number of anilines is 1. The Kier molecular flexibility index (Phi) is 4.78. The van der Waals surface area contributed by atoms with Gasteiger partial charge in [0.1, 0.15) is 5.82 Å². The molecule has 1 unspecified atom stereocenters. The molecule has 1 atom stereocenters. The molecule has 2 aromatic rings. The van der Waals surface area contributed by atoms with E-state index < -0.39 is 27.7 Å². The normalized spacial score (nSPS) is 16.7. The molecule has 0 radical (unpaired) electrons. The van der Waals surface area contributed by atoms with Gasteiger partial charge < -0.3 is 10.2 Å². The summed E-state index contributed by atoms with van der Waals surface area (Å²) >= 11 is 0. The number of nitrogens with zero attached hydrogens (tertiary/aromatic N) is 1. The van der Waals surface area contributed by atoms with Crippen LogP contribution >= 0.6 is 0 Å². The summed E-state index contributed by atoms with van der Waals surface area (Å²) in [5.74, 6) is -0.847. The van der Waals surface area contributed by atoms with Crippen molar-refractivity contribution >= 4 is 27.1 Å². The third kappa shape index (κ3) is 3.91. The number of oxime groups is 1. The number of sulfone groups is 1. The predicted octanol–water partition coefficient (Wildman–Crippen LogP) is 2.67. The molecule has 0 aromatic heterocycles. The van der Waals surface area contributed by atoms with Crippen LogP contribution < -0.4 is 5.32 Å². The summed E-state index contributed by atoms with van der Waals surface area (Å²) in [6.07, 6.45) is 0.428. The Bertz CT molecular complexity index is 1000. The molecule has 1 aliphatic rings. The molecule has 0 fully saturated rings. The fourth-order valence-electron chi connectivity index (χ4n) is 2.54. The number of halogens is 1. The second-order valence-electron chi connectivity index (χ2n) is 6.08. The molecule has 3 rings (SSSR count). The van der Waals surface area contributed by atoms with Crippen molar-refractivity contribution in [3.8, 4) is 0 Å². The van der Waals surface area contributed by atoms with Crippen LogP contribution in [0.2, 0.25) is 0 Å². The zero-order valence-electron chi connectivity index (χ0n) is 14.2. The maximum absolute atomic E-state index is 13.3. The third-order valence-electron chi connectivity index (χ3n) is 4.01. The van der Waals surface area contributed by atoms with E-state index >= 15 is 0 Å². The van der Waals surface area contributed by atoms with Crippen LogP contribution in [-0.2, 0) is 19.5 Å². The highest BCUT2D eigenvalue weighted by molar-refractivity contribution is 7.90. The Balaban J connectivity index is 1.72. The first kappa shape index (κ1) is 18.1. The van der Waals surface area contributed by atoms with Crippen molar-refractivity contribution in [2.75, 3.05) is 11.6 Å². The fourth-order valence-corrected chi connectivity index (χ4v) is 3.18. The standard InChI is InChI=1S/C18H17FN2O4S/c1-11-6-7-14(26(2,23)24)9-15(11)20-18(22)17-10-16(21-25-17)12-4-3-5-13(19)8-12/h3-9,17H,10H2,1-2H3,(H,20,22). The molecular formula is C18H17FN2O4S. The van der Waals surface area contributed by atoms with Crippen LogP contribution in [0, 0.1) is 12.7 Å². The molecule has 2 aromatic carbocycles. The monoisotopic (exact) mass is 376 g/mol. The first-order valence-corrected chi connectivity index (χ1v) is 9.73. The summed E-state index contributed by atoms with van der Waals surface area (Å²) in [5.41, 5.74) is 2.14. The molecule has 0 saturated carbocycles. The van der Waals surface area contributed by atoms with Crippen LogP contribution in [0.15, 0.2) is 52.5 Å². The van der Waals surface area contributed by atoms with Crippen molar-refractivity contribution < 1.29 is 22.4 Å². The van der Waals surface area contributed by atoms with Gasteiger partial charge in [-0.15, -0.1) is 0 Å². The molecule has 136 valence electrons. The van der Waals surface area contributed by atoms with Crippen molar-refractivity contribution in [3.63, 3.8) is 0 Å². The number of carbonyl (C=O) groups is 1. The molecule has 1 aliphatic heterocycles. The highest BCUT2D eigenvalue weighted by Gasteiger charge is 2.29. The summed E-state index contributed by atoms with van der Waals surface area (Å²) in [7, 11) is -3.39. The van der Waals surface area contributed by atoms with Gasteiger partial charge in [0.05, 0.1) is 10.6 Å². The smallest absolute Gasteiger partial charge is 0.268 e. The minimum Gasteiger partial charge on any atom is -0.382 e. The molecule has 1 heterocycles. The van der Waals surface area contributed by atoms with E-state index in [0.717, 1.165) is 11.8 Å². The SMILES string of the molecule is Cc1ccc(S(C)(=O)=O)cc1NC(=O)C1CC(c2cccc(F)c2)=NO1. The van der Waals surface area contributed by atoms with E-state index in [4.69, 9.17) is 4.84 Å². The lowest BCUT2D eigenvalue weighted by Gasteiger charge is -2.12. The number of nitrogens with one attached hydrogen (secondary N) is 1. The average molecular weight is 376 g/mol. The van der Waals surface area contributed by atoms with E-state index in [9.17, 15) is 17.6 Å². The zero-order valence-corrected chi connectivity index (χ0v) is 15.0. The molecule has 0 spiro atoms. The molecule has 6 nitrogen and oxygen atoms in total. The number of hydrogen-bond acceptors (Lipinski definition) is 5. The number of carbonyl (C=O) groups excluding carboxylic acids is 1. The van der Waals surface area contributed by atoms with Gasteiger partial charge in [0.15, 0.2) is 9.84 Å². The van der Waals surface area contributed by atoms with E-state index in [-0.39, 0.29) is 11.3 Å². The van der Waals surface area contributed by atoms with Crippen LogP contribution in [0.4, 0.5) is 10.1 Å². The van der Waals surface area contributed by atoms with E-state index in [1.165, 1.54) is 24.3 Å². The van der Waals surface area contributed by atoms with E-state index in [1.807, 2.05) is 0 Å². The lowest BCUT2D eigenvalue weighted by Crippen LogP contribution is -2.28. The van der Waals surface area contributed by atoms with Gasteiger partial charge in [0.25, 0.3) is 5.91 Å². The number of aryl methyl sites for hydroxylation is 1. The Hall–Kier alpha value is -2.74. The summed E-state index contributed by atoms with van der Waals surface area (Å²) in [6.45, 7) is 1.76. The summed E-state index contributed by atoms with van der Waals surface area (Å²) in [5, 5.41) is 6.54. The largest absolute Gasteiger partial charge is 0.382 e. The minimum absolute atomic E-state index is 0.113. The minimum atomic E-state index is -3.39. The Morgan fingerprint density at radius 2 is 2.04 bits per heavy atom. The van der Waals surface area contributed by atoms with Gasteiger partial charge in [0.2, 0.25) is 6.10 Å². The van der Waals surface area contributed by atoms with Gasteiger partial charge in [0, 0.05) is 23.9 Å². The predicted molar refractivity (Wildman–Crippen MR) is 95.3 cm³/mol. The first-order chi connectivity index (χ1) is 12.2. The molecule has 26 heavy (non-hydrogen) atoms. The van der Waals surface area contributed by atoms with Gasteiger partial charge >= 0.3 is 0 Å². The molecule has 0 bridgehead atoms. The Morgan fingerprint density at radius 3 is 2.73 bits per heavy atom. The van der Waals surface area contributed by atoms with E-state index in [2.05, 4.69) is 10.5 Å². The highest BCUT2D eigenvalue weighted by Crippen LogP contribution is 2.23. The average Bonchev–Trinajstić information content (AvgIpc) is 3.06. The molecular weight excluding hydrogens is 359 g/mol. The van der Waals surface area contributed by atoms with E-state index in [1.54, 1.807) is 25.1 Å². The highest BCUT2D eigenvalue weighted by atomic mass is 32.2. The molecule has 0 saturated heterocycles. The zero-order chi connectivity index (χ0) is 18.9.